The normalized spacial score (nSPS) is 12.5. The van der Waals surface area contributed by atoms with Crippen LogP contribution in [-0.2, 0) is 0 Å². The molecule has 0 fully saturated rings. The first-order valence-electron chi connectivity index (χ1n) is 8.57. The van der Waals surface area contributed by atoms with Crippen LogP contribution in [0.4, 0.5) is 0 Å². The predicted octanol–water partition coefficient (Wildman–Crippen LogP) is 2.79. The van der Waals surface area contributed by atoms with E-state index in [1.54, 1.807) is 52.0 Å². The Hall–Kier alpha value is -2.83. The third-order valence-corrected chi connectivity index (χ3v) is 4.36. The maximum absolute atomic E-state index is 13.0. The van der Waals surface area contributed by atoms with Gasteiger partial charge >= 0.3 is 0 Å². The fourth-order valence-corrected chi connectivity index (χ4v) is 2.88. The number of nitrogens with two attached hydrogens (primary N) is 2. The molecule has 140 valence electrons. The van der Waals surface area contributed by atoms with E-state index < -0.39 is 11.1 Å². The van der Waals surface area contributed by atoms with Gasteiger partial charge in [-0.2, -0.15) is 0 Å². The zero-order valence-corrected chi connectivity index (χ0v) is 15.8. The van der Waals surface area contributed by atoms with E-state index in [1.807, 2.05) is 0 Å². The van der Waals surface area contributed by atoms with Gasteiger partial charge in [-0.1, -0.05) is 0 Å². The maximum Gasteiger partial charge on any atom is 0.200 e. The summed E-state index contributed by atoms with van der Waals surface area (Å²) in [6.07, 6.45) is 0. The van der Waals surface area contributed by atoms with Crippen LogP contribution in [0, 0.1) is 0 Å². The highest BCUT2D eigenvalue weighted by molar-refractivity contribution is 6.07. The Morgan fingerprint density at radius 2 is 1.15 bits per heavy atom. The van der Waals surface area contributed by atoms with Crippen molar-refractivity contribution >= 4 is 33.5 Å². The number of hydrogen-bond acceptors (Lipinski definition) is 6. The van der Waals surface area contributed by atoms with Gasteiger partial charge in [-0.15, -0.1) is 0 Å². The largest absolute Gasteiger partial charge is 0.456 e. The molecule has 0 saturated heterocycles. The number of hydrogen-bond donors (Lipinski definition) is 2. The lowest BCUT2D eigenvalue weighted by molar-refractivity contribution is 0.0907. The second kappa shape index (κ2) is 6.11. The van der Waals surface area contributed by atoms with Gasteiger partial charge in [0.05, 0.1) is 21.9 Å². The molecule has 3 aromatic rings. The van der Waals surface area contributed by atoms with Crippen molar-refractivity contribution in [2.75, 3.05) is 0 Å². The van der Waals surface area contributed by atoms with Gasteiger partial charge in [-0.05, 0) is 64.1 Å². The summed E-state index contributed by atoms with van der Waals surface area (Å²) < 4.78 is 5.78. The third kappa shape index (κ3) is 3.41. The summed E-state index contributed by atoms with van der Waals surface area (Å²) in [4.78, 5) is 37.8. The summed E-state index contributed by atoms with van der Waals surface area (Å²) >= 11 is 0. The molecular weight excluding hydrogens is 344 g/mol. The second-order valence-electron chi connectivity index (χ2n) is 7.95. The van der Waals surface area contributed by atoms with E-state index >= 15 is 0 Å². The van der Waals surface area contributed by atoms with Crippen molar-refractivity contribution in [1.29, 1.82) is 0 Å². The SMILES string of the molecule is CC(C)(N)C(=O)c1ccc2oc3ccc(C(=O)C(C)(C)N)cc3c(=O)c2c1. The van der Waals surface area contributed by atoms with E-state index in [0.29, 0.717) is 22.3 Å². The Morgan fingerprint density at radius 1 is 0.778 bits per heavy atom. The molecule has 2 aromatic carbocycles. The fourth-order valence-electron chi connectivity index (χ4n) is 2.88. The Balaban J connectivity index is 2.25. The highest BCUT2D eigenvalue weighted by Gasteiger charge is 2.25. The summed E-state index contributed by atoms with van der Waals surface area (Å²) in [5.74, 6) is -0.560. The van der Waals surface area contributed by atoms with Gasteiger partial charge in [0, 0.05) is 11.1 Å². The molecule has 0 bridgehead atoms. The molecule has 0 amide bonds. The van der Waals surface area contributed by atoms with E-state index in [4.69, 9.17) is 15.9 Å². The van der Waals surface area contributed by atoms with Crippen LogP contribution in [0.1, 0.15) is 48.4 Å². The van der Waals surface area contributed by atoms with Crippen LogP contribution in [0.2, 0.25) is 0 Å². The van der Waals surface area contributed by atoms with Gasteiger partial charge < -0.3 is 15.9 Å². The van der Waals surface area contributed by atoms with Crippen molar-refractivity contribution in [1.82, 2.24) is 0 Å². The minimum Gasteiger partial charge on any atom is -0.456 e. The van der Waals surface area contributed by atoms with E-state index in [9.17, 15) is 14.4 Å². The molecule has 0 unspecified atom stereocenters. The zero-order valence-electron chi connectivity index (χ0n) is 15.8. The molecule has 0 saturated carbocycles. The van der Waals surface area contributed by atoms with Crippen LogP contribution in [0.5, 0.6) is 0 Å². The summed E-state index contributed by atoms with van der Waals surface area (Å²) in [6, 6.07) is 9.30. The molecule has 0 spiro atoms. The summed E-state index contributed by atoms with van der Waals surface area (Å²) in [7, 11) is 0. The number of Topliss-reactive ketones (excluding diaryl/α,β-unsaturated/α-hetero) is 2. The molecule has 0 aliphatic heterocycles. The first kappa shape index (κ1) is 18.9. The minimum absolute atomic E-state index is 0.259. The highest BCUT2D eigenvalue weighted by atomic mass is 16.3. The molecule has 0 aliphatic carbocycles. The van der Waals surface area contributed by atoms with Crippen molar-refractivity contribution in [3.8, 4) is 0 Å². The molecule has 0 radical (unpaired) electrons. The van der Waals surface area contributed by atoms with E-state index in [0.717, 1.165) is 0 Å². The number of ketones is 2. The van der Waals surface area contributed by atoms with Gasteiger partial charge in [0.15, 0.2) is 11.6 Å². The lowest BCUT2D eigenvalue weighted by Gasteiger charge is -2.17. The van der Waals surface area contributed by atoms with Crippen molar-refractivity contribution in [3.05, 3.63) is 57.7 Å². The monoisotopic (exact) mass is 366 g/mol. The fraction of sp³-hybridized carbons (Fsp3) is 0.286. The second-order valence-corrected chi connectivity index (χ2v) is 7.95. The van der Waals surface area contributed by atoms with E-state index in [1.165, 1.54) is 12.1 Å². The number of carbonyl (C=O) groups excluding carboxylic acids is 2. The minimum atomic E-state index is -1.06. The highest BCUT2D eigenvalue weighted by Crippen LogP contribution is 2.23. The first-order valence-corrected chi connectivity index (χ1v) is 8.57. The van der Waals surface area contributed by atoms with Crippen molar-refractivity contribution < 1.29 is 14.0 Å². The standard InChI is InChI=1S/C21H22N2O4/c1-20(2,22)18(25)11-5-7-15-13(9-11)17(24)14-10-12(6-8-16(14)27-15)19(26)21(3,4)23/h5-10H,22-23H2,1-4H3. The predicted molar refractivity (Wildman–Crippen MR) is 105 cm³/mol. The quantitative estimate of drug-likeness (QED) is 0.542. The molecule has 1 heterocycles. The average molecular weight is 366 g/mol. The van der Waals surface area contributed by atoms with Crippen LogP contribution in [0.15, 0.2) is 45.6 Å². The third-order valence-electron chi connectivity index (χ3n) is 4.36. The van der Waals surface area contributed by atoms with Crippen molar-refractivity contribution in [2.24, 2.45) is 11.5 Å². The first-order chi connectivity index (χ1) is 12.4. The Morgan fingerprint density at radius 3 is 1.48 bits per heavy atom. The smallest absolute Gasteiger partial charge is 0.200 e. The molecule has 4 N–H and O–H groups in total. The number of carbonyl (C=O) groups is 2. The van der Waals surface area contributed by atoms with Gasteiger partial charge in [0.2, 0.25) is 5.43 Å². The Labute approximate surface area is 156 Å². The van der Waals surface area contributed by atoms with Crippen LogP contribution < -0.4 is 16.9 Å². The van der Waals surface area contributed by atoms with E-state index in [2.05, 4.69) is 0 Å². The maximum atomic E-state index is 13.0. The van der Waals surface area contributed by atoms with Gasteiger partial charge in [0.25, 0.3) is 0 Å². The molecule has 0 atom stereocenters. The number of benzene rings is 2. The van der Waals surface area contributed by atoms with Crippen molar-refractivity contribution in [3.63, 3.8) is 0 Å². The van der Waals surface area contributed by atoms with Crippen LogP contribution in [0.25, 0.3) is 21.9 Å². The lowest BCUT2D eigenvalue weighted by Crippen LogP contribution is -2.41. The molecule has 1 aromatic heterocycles. The lowest BCUT2D eigenvalue weighted by atomic mass is 9.92. The van der Waals surface area contributed by atoms with E-state index in [-0.39, 0.29) is 27.8 Å². The zero-order chi connectivity index (χ0) is 20.1. The topological polar surface area (TPSA) is 116 Å². The molecular formula is C21H22N2O4. The number of rotatable bonds is 4. The molecule has 6 nitrogen and oxygen atoms in total. The summed E-state index contributed by atoms with van der Waals surface area (Å²) in [6.45, 7) is 6.42. The average Bonchev–Trinajstić information content (AvgIpc) is 2.58. The Bertz CT molecular complexity index is 1060. The molecule has 3 rings (SSSR count). The molecule has 6 heteroatoms. The van der Waals surface area contributed by atoms with Crippen molar-refractivity contribution in [2.45, 2.75) is 38.8 Å². The van der Waals surface area contributed by atoms with Gasteiger partial charge in [-0.3, -0.25) is 14.4 Å². The summed E-state index contributed by atoms with van der Waals surface area (Å²) in [5, 5.41) is 0.517. The Kier molecular flexibility index (Phi) is 4.29. The number of fused-ring (bicyclic) bond motifs is 2. The van der Waals surface area contributed by atoms with Crippen LogP contribution >= 0.6 is 0 Å². The van der Waals surface area contributed by atoms with Gasteiger partial charge in [0.1, 0.15) is 11.2 Å². The van der Waals surface area contributed by atoms with Crippen LogP contribution in [0.3, 0.4) is 0 Å². The van der Waals surface area contributed by atoms with Crippen LogP contribution in [-0.4, -0.2) is 22.6 Å². The molecule has 0 aliphatic rings. The summed E-state index contributed by atoms with van der Waals surface area (Å²) in [5.41, 5.74) is 10.7. The molecule has 27 heavy (non-hydrogen) atoms. The van der Waals surface area contributed by atoms with Gasteiger partial charge in [-0.25, -0.2) is 0 Å².